The normalized spacial score (nSPS) is 13.3. The van der Waals surface area contributed by atoms with Gasteiger partial charge in [-0.3, -0.25) is 9.98 Å². The number of hydrogen-bond donors (Lipinski definition) is 1. The molecule has 1 aromatic heterocycles. The van der Waals surface area contributed by atoms with Gasteiger partial charge in [-0.2, -0.15) is 0 Å². The van der Waals surface area contributed by atoms with Crippen molar-refractivity contribution in [1.82, 2.24) is 4.98 Å². The highest BCUT2D eigenvalue weighted by Crippen LogP contribution is 2.17. The van der Waals surface area contributed by atoms with E-state index in [4.69, 9.17) is 0 Å². The average Bonchev–Trinajstić information content (AvgIpc) is 2.46. The Bertz CT molecular complexity index is 509. The number of aliphatic hydroxyl groups is 1. The fraction of sp³-hybridized carbons (Fsp3) is 0.200. The number of aliphatic imine (C=N–C) groups is 1. The van der Waals surface area contributed by atoms with E-state index in [1.54, 1.807) is 6.20 Å². The number of aromatic nitrogens is 1. The Labute approximate surface area is 107 Å². The van der Waals surface area contributed by atoms with Crippen LogP contribution in [-0.2, 0) is 0 Å². The molecule has 0 amide bonds. The number of hydrogen-bond acceptors (Lipinski definition) is 3. The third-order valence-electron chi connectivity index (χ3n) is 2.74. The molecule has 2 rings (SSSR count). The zero-order valence-electron chi connectivity index (χ0n) is 10.3. The molecule has 1 aromatic carbocycles. The lowest BCUT2D eigenvalue weighted by Crippen LogP contribution is -2.06. The molecule has 0 radical (unpaired) electrons. The van der Waals surface area contributed by atoms with Crippen molar-refractivity contribution in [3.8, 4) is 0 Å². The third kappa shape index (κ3) is 3.02. The van der Waals surface area contributed by atoms with Gasteiger partial charge < -0.3 is 5.11 Å². The molecular weight excluding hydrogens is 224 g/mol. The molecule has 0 saturated heterocycles. The Morgan fingerprint density at radius 1 is 1.17 bits per heavy atom. The van der Waals surface area contributed by atoms with Gasteiger partial charge in [0.05, 0.1) is 24.1 Å². The van der Waals surface area contributed by atoms with Crippen LogP contribution in [-0.4, -0.2) is 22.4 Å². The fourth-order valence-corrected chi connectivity index (χ4v) is 1.77. The molecule has 0 unspecified atom stereocenters. The fourth-order valence-electron chi connectivity index (χ4n) is 1.77. The molecule has 0 spiro atoms. The number of pyridine rings is 1. The molecule has 0 saturated carbocycles. The van der Waals surface area contributed by atoms with Gasteiger partial charge >= 0.3 is 0 Å². The summed E-state index contributed by atoms with van der Waals surface area (Å²) >= 11 is 0. The van der Waals surface area contributed by atoms with Gasteiger partial charge in [-0.25, -0.2) is 0 Å². The van der Waals surface area contributed by atoms with Crippen LogP contribution in [0.1, 0.15) is 24.2 Å². The molecule has 3 heteroatoms. The lowest BCUT2D eigenvalue weighted by Gasteiger charge is -2.11. The standard InChI is InChI=1S/C15H16N2O/c1-12(14-9-5-6-10-16-14)17-15(11-18)13-7-3-2-4-8-13/h2-10,15,18H,11H2,1H3/t15-/m1/s1. The first kappa shape index (κ1) is 12.5. The van der Waals surface area contributed by atoms with E-state index in [1.807, 2.05) is 55.5 Å². The number of aliphatic hydroxyl groups excluding tert-OH is 1. The molecule has 0 aliphatic rings. The van der Waals surface area contributed by atoms with Gasteiger partial charge in [-0.05, 0) is 24.6 Å². The number of nitrogens with zero attached hydrogens (tertiary/aromatic N) is 2. The third-order valence-corrected chi connectivity index (χ3v) is 2.74. The van der Waals surface area contributed by atoms with E-state index in [-0.39, 0.29) is 12.6 Å². The van der Waals surface area contributed by atoms with Crippen molar-refractivity contribution in [2.45, 2.75) is 13.0 Å². The van der Waals surface area contributed by atoms with Crippen LogP contribution in [0.5, 0.6) is 0 Å². The second kappa shape index (κ2) is 6.07. The molecule has 1 N–H and O–H groups in total. The maximum atomic E-state index is 9.45. The van der Waals surface area contributed by atoms with E-state index in [0.29, 0.717) is 0 Å². The molecular formula is C15H16N2O. The molecule has 3 nitrogen and oxygen atoms in total. The van der Waals surface area contributed by atoms with E-state index < -0.39 is 0 Å². The SMILES string of the molecule is CC(=N[C@H](CO)c1ccccc1)c1ccccn1. The minimum absolute atomic E-state index is 0.00577. The Hall–Kier alpha value is -2.00. The van der Waals surface area contributed by atoms with Crippen LogP contribution in [0.2, 0.25) is 0 Å². The maximum Gasteiger partial charge on any atom is 0.0983 e. The number of benzene rings is 1. The quantitative estimate of drug-likeness (QED) is 0.835. The van der Waals surface area contributed by atoms with Crippen LogP contribution in [0.25, 0.3) is 0 Å². The van der Waals surface area contributed by atoms with E-state index >= 15 is 0 Å². The van der Waals surface area contributed by atoms with Gasteiger partial charge in [0.2, 0.25) is 0 Å². The Morgan fingerprint density at radius 3 is 2.50 bits per heavy atom. The highest BCUT2D eigenvalue weighted by Gasteiger charge is 2.09. The van der Waals surface area contributed by atoms with Crippen LogP contribution in [0.15, 0.2) is 59.7 Å². The summed E-state index contributed by atoms with van der Waals surface area (Å²) in [7, 11) is 0. The highest BCUT2D eigenvalue weighted by atomic mass is 16.3. The molecule has 0 aliphatic heterocycles. The molecule has 92 valence electrons. The van der Waals surface area contributed by atoms with Crippen molar-refractivity contribution in [2.75, 3.05) is 6.61 Å². The zero-order valence-corrected chi connectivity index (χ0v) is 10.3. The smallest absolute Gasteiger partial charge is 0.0983 e. The van der Waals surface area contributed by atoms with E-state index in [0.717, 1.165) is 17.0 Å². The zero-order chi connectivity index (χ0) is 12.8. The minimum atomic E-state index is -0.229. The van der Waals surface area contributed by atoms with Gasteiger partial charge in [-0.15, -0.1) is 0 Å². The molecule has 0 fully saturated rings. The molecule has 1 atom stereocenters. The summed E-state index contributed by atoms with van der Waals surface area (Å²) in [6.45, 7) is 1.90. The van der Waals surface area contributed by atoms with Crippen LogP contribution >= 0.6 is 0 Å². The predicted molar refractivity (Wildman–Crippen MR) is 72.7 cm³/mol. The number of rotatable bonds is 4. The van der Waals surface area contributed by atoms with E-state index in [9.17, 15) is 5.11 Å². The largest absolute Gasteiger partial charge is 0.394 e. The Morgan fingerprint density at radius 2 is 1.89 bits per heavy atom. The Balaban J connectivity index is 2.25. The molecule has 0 aliphatic carbocycles. The summed E-state index contributed by atoms with van der Waals surface area (Å²) in [5.41, 5.74) is 2.68. The van der Waals surface area contributed by atoms with Crippen molar-refractivity contribution < 1.29 is 5.11 Å². The van der Waals surface area contributed by atoms with Gasteiger partial charge in [-0.1, -0.05) is 36.4 Å². The van der Waals surface area contributed by atoms with Crippen molar-refractivity contribution >= 4 is 5.71 Å². The molecule has 18 heavy (non-hydrogen) atoms. The van der Waals surface area contributed by atoms with Gasteiger partial charge in [0, 0.05) is 6.20 Å². The lowest BCUT2D eigenvalue weighted by molar-refractivity contribution is 0.269. The first-order valence-electron chi connectivity index (χ1n) is 5.93. The summed E-state index contributed by atoms with van der Waals surface area (Å²) < 4.78 is 0. The van der Waals surface area contributed by atoms with Crippen molar-refractivity contribution in [3.63, 3.8) is 0 Å². The first-order chi connectivity index (χ1) is 8.81. The van der Waals surface area contributed by atoms with Crippen molar-refractivity contribution in [2.24, 2.45) is 4.99 Å². The molecule has 1 heterocycles. The van der Waals surface area contributed by atoms with E-state index in [1.165, 1.54) is 0 Å². The summed E-state index contributed by atoms with van der Waals surface area (Å²) in [6, 6.07) is 15.3. The summed E-state index contributed by atoms with van der Waals surface area (Å²) in [4.78, 5) is 8.79. The molecule has 2 aromatic rings. The van der Waals surface area contributed by atoms with Crippen molar-refractivity contribution in [1.29, 1.82) is 0 Å². The van der Waals surface area contributed by atoms with Crippen LogP contribution < -0.4 is 0 Å². The lowest BCUT2D eigenvalue weighted by atomic mass is 10.1. The topological polar surface area (TPSA) is 45.5 Å². The Kier molecular flexibility index (Phi) is 4.20. The van der Waals surface area contributed by atoms with Crippen LogP contribution in [0, 0.1) is 0 Å². The predicted octanol–water partition coefficient (Wildman–Crippen LogP) is 2.62. The van der Waals surface area contributed by atoms with Crippen molar-refractivity contribution in [3.05, 3.63) is 66.0 Å². The summed E-state index contributed by atoms with van der Waals surface area (Å²) in [6.07, 6.45) is 1.74. The van der Waals surface area contributed by atoms with Gasteiger partial charge in [0.15, 0.2) is 0 Å². The monoisotopic (exact) mass is 240 g/mol. The van der Waals surface area contributed by atoms with E-state index in [2.05, 4.69) is 9.98 Å². The maximum absolute atomic E-state index is 9.45. The minimum Gasteiger partial charge on any atom is -0.394 e. The van der Waals surface area contributed by atoms with Crippen LogP contribution in [0.3, 0.4) is 0 Å². The summed E-state index contributed by atoms with van der Waals surface area (Å²) in [5.74, 6) is 0. The second-order valence-corrected chi connectivity index (χ2v) is 4.04. The van der Waals surface area contributed by atoms with Crippen LogP contribution in [0.4, 0.5) is 0 Å². The average molecular weight is 240 g/mol. The van der Waals surface area contributed by atoms with Gasteiger partial charge in [0.25, 0.3) is 0 Å². The molecule has 0 bridgehead atoms. The summed E-state index contributed by atoms with van der Waals surface area (Å²) in [5, 5.41) is 9.45. The first-order valence-corrected chi connectivity index (χ1v) is 5.93. The highest BCUT2D eigenvalue weighted by molar-refractivity contribution is 5.97. The second-order valence-electron chi connectivity index (χ2n) is 4.04. The van der Waals surface area contributed by atoms with Gasteiger partial charge in [0.1, 0.15) is 0 Å².